The van der Waals surface area contributed by atoms with Crippen LogP contribution in [0.4, 0.5) is 0 Å². The van der Waals surface area contributed by atoms with Crippen molar-refractivity contribution in [2.45, 2.75) is 6.42 Å². The van der Waals surface area contributed by atoms with E-state index in [1.165, 1.54) is 51.6 Å². The molecule has 0 aromatic heterocycles. The molecule has 0 bridgehead atoms. The van der Waals surface area contributed by atoms with Crippen LogP contribution in [-0.2, 0) is 0 Å². The van der Waals surface area contributed by atoms with Gasteiger partial charge in [-0.05, 0) is 51.6 Å². The van der Waals surface area contributed by atoms with Gasteiger partial charge >= 0.3 is 0 Å². The topological polar surface area (TPSA) is 0 Å². The lowest BCUT2D eigenvalue weighted by molar-refractivity contribution is 1.12. The summed E-state index contributed by atoms with van der Waals surface area (Å²) in [6, 6.07) is 39.3. The molecule has 0 saturated heterocycles. The molecule has 29 heavy (non-hydrogen) atoms. The molecule has 4 aromatic carbocycles. The van der Waals surface area contributed by atoms with Crippen LogP contribution in [-0.4, -0.2) is 12.3 Å². The lowest BCUT2D eigenvalue weighted by Crippen LogP contribution is -2.03. The highest BCUT2D eigenvalue weighted by Crippen LogP contribution is 2.27. The van der Waals surface area contributed by atoms with Gasteiger partial charge in [-0.25, -0.2) is 0 Å². The maximum absolute atomic E-state index is 2.30. The third kappa shape index (κ3) is 5.42. The molecular formula is C27H26P2. The van der Waals surface area contributed by atoms with E-state index in [1.54, 1.807) is 0 Å². The van der Waals surface area contributed by atoms with Crippen LogP contribution in [0.5, 0.6) is 0 Å². The zero-order valence-corrected chi connectivity index (χ0v) is 18.5. The zero-order chi connectivity index (χ0) is 19.7. The quantitative estimate of drug-likeness (QED) is 0.223. The van der Waals surface area contributed by atoms with Gasteiger partial charge in [-0.3, -0.25) is 0 Å². The molecule has 0 aliphatic carbocycles. The van der Waals surface area contributed by atoms with E-state index in [0.29, 0.717) is 0 Å². The third-order valence-corrected chi connectivity index (χ3v) is 7.85. The lowest BCUT2D eigenvalue weighted by Gasteiger charge is -2.11. The highest BCUT2D eigenvalue weighted by atomic mass is 31.1. The van der Waals surface area contributed by atoms with Crippen LogP contribution in [0.3, 0.4) is 0 Å². The van der Waals surface area contributed by atoms with E-state index in [2.05, 4.69) is 109 Å². The molecule has 144 valence electrons. The Kier molecular flexibility index (Phi) is 7.25. The fraction of sp³-hybridized carbons (Fsp3) is 0.111. The lowest BCUT2D eigenvalue weighted by atomic mass is 10.1. The van der Waals surface area contributed by atoms with Crippen LogP contribution in [0.25, 0.3) is 22.3 Å². The molecular weight excluding hydrogens is 386 g/mol. The Labute approximate surface area is 178 Å². The Bertz CT molecular complexity index is 941. The zero-order valence-electron chi connectivity index (χ0n) is 16.5. The van der Waals surface area contributed by atoms with Crippen LogP contribution in [0.15, 0.2) is 109 Å². The number of hydrogen-bond acceptors (Lipinski definition) is 0. The van der Waals surface area contributed by atoms with E-state index < -0.39 is 0 Å². The fourth-order valence-corrected chi connectivity index (χ4v) is 6.41. The summed E-state index contributed by atoms with van der Waals surface area (Å²) >= 11 is 0. The summed E-state index contributed by atoms with van der Waals surface area (Å²) in [6.45, 7) is 0. The van der Waals surface area contributed by atoms with Crippen molar-refractivity contribution in [2.75, 3.05) is 12.3 Å². The standard InChI is InChI=1S/C27H26P2/c1-3-12-22(13-4-1)24-16-7-9-18-26(24)28-20-11-21-29-27-19-10-8-17-25(27)23-14-5-2-6-15-23/h1-10,12-19,28-29H,11,20-21H2. The van der Waals surface area contributed by atoms with Crippen molar-refractivity contribution in [3.8, 4) is 22.3 Å². The Morgan fingerprint density at radius 1 is 0.414 bits per heavy atom. The average Bonchev–Trinajstić information content (AvgIpc) is 2.80. The molecule has 0 spiro atoms. The Morgan fingerprint density at radius 3 is 1.24 bits per heavy atom. The van der Waals surface area contributed by atoms with Gasteiger partial charge in [0.05, 0.1) is 0 Å². The van der Waals surface area contributed by atoms with Crippen molar-refractivity contribution in [3.05, 3.63) is 109 Å². The van der Waals surface area contributed by atoms with E-state index in [9.17, 15) is 0 Å². The van der Waals surface area contributed by atoms with Crippen molar-refractivity contribution in [1.82, 2.24) is 0 Å². The largest absolute Gasteiger partial charge is 0.0897 e. The van der Waals surface area contributed by atoms with Gasteiger partial charge in [0.1, 0.15) is 0 Å². The van der Waals surface area contributed by atoms with Crippen molar-refractivity contribution in [1.29, 1.82) is 0 Å². The van der Waals surface area contributed by atoms with E-state index in [-0.39, 0.29) is 0 Å². The fourth-order valence-electron chi connectivity index (χ4n) is 3.55. The molecule has 0 aliphatic heterocycles. The first-order valence-corrected chi connectivity index (χ1v) is 12.6. The summed E-state index contributed by atoms with van der Waals surface area (Å²) in [5.41, 5.74) is 5.44. The summed E-state index contributed by atoms with van der Waals surface area (Å²) < 4.78 is 0. The van der Waals surface area contributed by atoms with E-state index >= 15 is 0 Å². The smallest absolute Gasteiger partial charge is 0.0110 e. The van der Waals surface area contributed by atoms with Gasteiger partial charge in [0.15, 0.2) is 0 Å². The minimum atomic E-state index is 0.871. The van der Waals surface area contributed by atoms with Crippen LogP contribution in [0, 0.1) is 0 Å². The van der Waals surface area contributed by atoms with Crippen molar-refractivity contribution in [3.63, 3.8) is 0 Å². The van der Waals surface area contributed by atoms with Crippen LogP contribution >= 0.6 is 17.2 Å². The first-order valence-electron chi connectivity index (χ1n) is 10.2. The van der Waals surface area contributed by atoms with Crippen LogP contribution < -0.4 is 10.6 Å². The second-order valence-corrected chi connectivity index (χ2v) is 9.81. The van der Waals surface area contributed by atoms with Crippen molar-refractivity contribution < 1.29 is 0 Å². The van der Waals surface area contributed by atoms with Crippen LogP contribution in [0.2, 0.25) is 0 Å². The molecule has 0 fully saturated rings. The SMILES string of the molecule is c1ccc(-c2ccccc2PCCCPc2ccccc2-c2ccccc2)cc1. The van der Waals surface area contributed by atoms with Crippen molar-refractivity contribution >= 4 is 27.8 Å². The normalized spacial score (nSPS) is 11.6. The summed E-state index contributed by atoms with van der Waals surface area (Å²) in [5.74, 6) is 0. The Morgan fingerprint density at radius 2 is 0.793 bits per heavy atom. The van der Waals surface area contributed by atoms with E-state index in [4.69, 9.17) is 0 Å². The van der Waals surface area contributed by atoms with Gasteiger partial charge in [0, 0.05) is 0 Å². The first kappa shape index (κ1) is 20.0. The van der Waals surface area contributed by atoms with Gasteiger partial charge < -0.3 is 0 Å². The Balaban J connectivity index is 1.34. The third-order valence-electron chi connectivity index (χ3n) is 5.01. The average molecular weight is 412 g/mol. The first-order chi connectivity index (χ1) is 14.4. The van der Waals surface area contributed by atoms with Gasteiger partial charge in [0.2, 0.25) is 0 Å². The summed E-state index contributed by atoms with van der Waals surface area (Å²) in [5, 5.41) is 2.98. The summed E-state index contributed by atoms with van der Waals surface area (Å²) in [6.07, 6.45) is 3.82. The molecule has 0 aliphatic rings. The van der Waals surface area contributed by atoms with Crippen LogP contribution in [0.1, 0.15) is 6.42 Å². The molecule has 0 nitrogen and oxygen atoms in total. The molecule has 0 saturated carbocycles. The molecule has 0 heterocycles. The van der Waals surface area contributed by atoms with Gasteiger partial charge in [-0.15, -0.1) is 0 Å². The van der Waals surface area contributed by atoms with Gasteiger partial charge in [-0.2, -0.15) is 0 Å². The second-order valence-electron chi connectivity index (χ2n) is 7.03. The predicted octanol–water partition coefficient (Wildman–Crippen LogP) is 6.72. The predicted molar refractivity (Wildman–Crippen MR) is 134 cm³/mol. The second kappa shape index (κ2) is 10.5. The van der Waals surface area contributed by atoms with Crippen molar-refractivity contribution in [2.24, 2.45) is 0 Å². The highest BCUT2D eigenvalue weighted by molar-refractivity contribution is 7.48. The van der Waals surface area contributed by atoms with E-state index in [1.807, 2.05) is 0 Å². The molecule has 2 atom stereocenters. The number of benzene rings is 4. The van der Waals surface area contributed by atoms with Gasteiger partial charge in [-0.1, -0.05) is 126 Å². The van der Waals surface area contributed by atoms with E-state index in [0.717, 1.165) is 17.2 Å². The Hall–Kier alpha value is -2.26. The molecule has 0 amide bonds. The maximum Gasteiger partial charge on any atom is -0.0110 e. The molecule has 2 heteroatoms. The minimum Gasteiger partial charge on any atom is -0.0897 e. The summed E-state index contributed by atoms with van der Waals surface area (Å²) in [7, 11) is 1.74. The molecule has 4 aromatic rings. The maximum atomic E-state index is 2.30. The molecule has 4 rings (SSSR count). The monoisotopic (exact) mass is 412 g/mol. The van der Waals surface area contributed by atoms with Gasteiger partial charge in [0.25, 0.3) is 0 Å². The highest BCUT2D eigenvalue weighted by Gasteiger charge is 2.06. The molecule has 0 N–H and O–H groups in total. The summed E-state index contributed by atoms with van der Waals surface area (Å²) in [4.78, 5) is 0. The number of rotatable bonds is 8. The molecule has 2 unspecified atom stereocenters. The molecule has 0 radical (unpaired) electrons. The minimum absolute atomic E-state index is 0.871. The number of hydrogen-bond donors (Lipinski definition) is 0.